The quantitative estimate of drug-likeness (QED) is 0.765. The van der Waals surface area contributed by atoms with E-state index in [1.807, 2.05) is 18.7 Å². The normalized spacial score (nSPS) is 13.8. The number of nitrogens with one attached hydrogen (secondary N) is 1. The minimum absolute atomic E-state index is 0.295. The van der Waals surface area contributed by atoms with Gasteiger partial charge in [0.1, 0.15) is 11.4 Å². The number of benzene rings is 1. The Kier molecular flexibility index (Phi) is 5.95. The van der Waals surface area contributed by atoms with Crippen molar-refractivity contribution in [3.8, 4) is 0 Å². The van der Waals surface area contributed by atoms with Crippen LogP contribution in [0.25, 0.3) is 0 Å². The average Bonchev–Trinajstić information content (AvgIpc) is 2.43. The minimum atomic E-state index is -0.881. The summed E-state index contributed by atoms with van der Waals surface area (Å²) in [4.78, 5) is 13.6. The molecule has 0 aliphatic rings. The molecule has 0 bridgehead atoms. The number of primary amides is 1. The summed E-state index contributed by atoms with van der Waals surface area (Å²) in [6.07, 6.45) is 0.898. The number of halogens is 1. The second-order valence-electron chi connectivity index (χ2n) is 5.09. The number of carbonyl (C=O) groups excluding carboxylic acids is 1. The van der Waals surface area contributed by atoms with Gasteiger partial charge in [-0.2, -0.15) is 0 Å². The Balaban J connectivity index is 2.95. The van der Waals surface area contributed by atoms with Crippen LogP contribution in [0.3, 0.4) is 0 Å². The molecule has 1 atom stereocenters. The zero-order valence-electron chi connectivity index (χ0n) is 12.4. The summed E-state index contributed by atoms with van der Waals surface area (Å²) in [5.74, 6) is -0.725. The highest BCUT2D eigenvalue weighted by Gasteiger charge is 2.32. The molecule has 0 aliphatic carbocycles. The molecule has 1 amide bonds. The van der Waals surface area contributed by atoms with Crippen LogP contribution < -0.4 is 16.0 Å². The van der Waals surface area contributed by atoms with Crippen LogP contribution in [0.2, 0.25) is 0 Å². The highest BCUT2D eigenvalue weighted by Crippen LogP contribution is 2.20. The molecule has 5 heteroatoms. The first-order chi connectivity index (χ1) is 9.44. The molecule has 0 aromatic heterocycles. The summed E-state index contributed by atoms with van der Waals surface area (Å²) in [6, 6.07) is 6.55. The smallest absolute Gasteiger partial charge is 0.239 e. The first-order valence-corrected chi connectivity index (χ1v) is 6.99. The lowest BCUT2D eigenvalue weighted by Gasteiger charge is -2.35. The lowest BCUT2D eigenvalue weighted by Crippen LogP contribution is -2.60. The van der Waals surface area contributed by atoms with Gasteiger partial charge in [0.15, 0.2) is 0 Å². The van der Waals surface area contributed by atoms with E-state index in [1.165, 1.54) is 6.07 Å². The van der Waals surface area contributed by atoms with Crippen molar-refractivity contribution >= 4 is 11.6 Å². The molecule has 0 spiro atoms. The molecule has 3 N–H and O–H groups in total. The predicted octanol–water partition coefficient (Wildman–Crippen LogP) is 1.90. The second kappa shape index (κ2) is 7.24. The van der Waals surface area contributed by atoms with E-state index in [0.29, 0.717) is 25.3 Å². The molecule has 4 nitrogen and oxygen atoms in total. The molecule has 1 rings (SSSR count). The van der Waals surface area contributed by atoms with Crippen molar-refractivity contribution in [3.05, 3.63) is 30.1 Å². The number of para-hydroxylation sites is 1. The summed E-state index contributed by atoms with van der Waals surface area (Å²) in [6.45, 7) is 7.32. The van der Waals surface area contributed by atoms with E-state index in [1.54, 1.807) is 25.1 Å². The predicted molar refractivity (Wildman–Crippen MR) is 80.2 cm³/mol. The maximum Gasteiger partial charge on any atom is 0.239 e. The molecule has 0 fully saturated rings. The monoisotopic (exact) mass is 281 g/mol. The van der Waals surface area contributed by atoms with Gasteiger partial charge in [-0.25, -0.2) is 4.39 Å². The Morgan fingerprint density at radius 1 is 1.40 bits per heavy atom. The Bertz CT molecular complexity index is 452. The second-order valence-corrected chi connectivity index (χ2v) is 5.09. The number of rotatable bonds is 8. The number of amides is 1. The van der Waals surface area contributed by atoms with E-state index in [9.17, 15) is 9.18 Å². The Morgan fingerprint density at radius 3 is 2.55 bits per heavy atom. The molecule has 0 radical (unpaired) electrons. The van der Waals surface area contributed by atoms with Crippen LogP contribution in [0.5, 0.6) is 0 Å². The maximum atomic E-state index is 13.9. The van der Waals surface area contributed by atoms with E-state index in [2.05, 4.69) is 5.32 Å². The third-order valence-electron chi connectivity index (χ3n) is 3.39. The molecule has 112 valence electrons. The number of nitrogens with zero attached hydrogens (tertiary/aromatic N) is 1. The number of carbonyl (C=O) groups is 1. The fourth-order valence-electron chi connectivity index (χ4n) is 2.08. The summed E-state index contributed by atoms with van der Waals surface area (Å²) in [5.41, 5.74) is 5.12. The molecule has 0 saturated heterocycles. The molecule has 0 aliphatic heterocycles. The zero-order valence-corrected chi connectivity index (χ0v) is 12.4. The molecule has 20 heavy (non-hydrogen) atoms. The van der Waals surface area contributed by atoms with Crippen LogP contribution in [0, 0.1) is 5.82 Å². The SMILES string of the molecule is CCCNC(C)(CN(CC)c1ccccc1F)C(N)=O. The lowest BCUT2D eigenvalue weighted by atomic mass is 10.00. The highest BCUT2D eigenvalue weighted by atomic mass is 19.1. The van der Waals surface area contributed by atoms with Gasteiger partial charge in [0.2, 0.25) is 5.91 Å². The van der Waals surface area contributed by atoms with Gasteiger partial charge in [0.25, 0.3) is 0 Å². The molecule has 0 saturated carbocycles. The minimum Gasteiger partial charge on any atom is -0.368 e. The van der Waals surface area contributed by atoms with Crippen LogP contribution >= 0.6 is 0 Å². The van der Waals surface area contributed by atoms with Gasteiger partial charge in [0, 0.05) is 13.1 Å². The van der Waals surface area contributed by atoms with Gasteiger partial charge in [-0.3, -0.25) is 4.79 Å². The number of anilines is 1. The summed E-state index contributed by atoms with van der Waals surface area (Å²) in [7, 11) is 0. The highest BCUT2D eigenvalue weighted by molar-refractivity contribution is 5.85. The van der Waals surface area contributed by atoms with Crippen molar-refractivity contribution in [2.45, 2.75) is 32.7 Å². The fraction of sp³-hybridized carbons (Fsp3) is 0.533. The summed E-state index contributed by atoms with van der Waals surface area (Å²) >= 11 is 0. The van der Waals surface area contributed by atoms with E-state index in [4.69, 9.17) is 5.73 Å². The first kappa shape index (κ1) is 16.4. The molecule has 0 heterocycles. The third-order valence-corrected chi connectivity index (χ3v) is 3.39. The maximum absolute atomic E-state index is 13.9. The standard InChI is InChI=1S/C15H24FN3O/c1-4-10-18-15(3,14(17)20)11-19(5-2)13-9-7-6-8-12(13)16/h6-9,18H,4-5,10-11H2,1-3H3,(H2,17,20). The van der Waals surface area contributed by atoms with Crippen LogP contribution in [0.1, 0.15) is 27.2 Å². The van der Waals surface area contributed by atoms with E-state index >= 15 is 0 Å². The number of nitrogens with two attached hydrogens (primary N) is 1. The van der Waals surface area contributed by atoms with Gasteiger partial charge in [-0.1, -0.05) is 19.1 Å². The van der Waals surface area contributed by atoms with Crippen molar-refractivity contribution in [3.63, 3.8) is 0 Å². The van der Waals surface area contributed by atoms with Gasteiger partial charge < -0.3 is 16.0 Å². The van der Waals surface area contributed by atoms with Crippen molar-refractivity contribution in [1.29, 1.82) is 0 Å². The summed E-state index contributed by atoms with van der Waals surface area (Å²) < 4.78 is 13.9. The Hall–Kier alpha value is -1.62. The molecule has 1 unspecified atom stereocenters. The van der Waals surface area contributed by atoms with Gasteiger partial charge in [0.05, 0.1) is 5.69 Å². The zero-order chi connectivity index (χ0) is 15.2. The van der Waals surface area contributed by atoms with Crippen molar-refractivity contribution in [1.82, 2.24) is 5.32 Å². The largest absolute Gasteiger partial charge is 0.368 e. The summed E-state index contributed by atoms with van der Waals surface area (Å²) in [5, 5.41) is 3.16. The molecule has 1 aromatic rings. The van der Waals surface area contributed by atoms with Crippen LogP contribution in [-0.4, -0.2) is 31.1 Å². The fourth-order valence-corrected chi connectivity index (χ4v) is 2.08. The van der Waals surface area contributed by atoms with Crippen LogP contribution in [0.15, 0.2) is 24.3 Å². The Labute approximate surface area is 120 Å². The third kappa shape index (κ3) is 3.93. The van der Waals surface area contributed by atoms with Gasteiger partial charge >= 0.3 is 0 Å². The topological polar surface area (TPSA) is 58.4 Å². The first-order valence-electron chi connectivity index (χ1n) is 6.99. The average molecular weight is 281 g/mol. The van der Waals surface area contributed by atoms with E-state index in [0.717, 1.165) is 6.42 Å². The number of hydrogen-bond donors (Lipinski definition) is 2. The Morgan fingerprint density at radius 2 is 2.05 bits per heavy atom. The van der Waals surface area contributed by atoms with E-state index < -0.39 is 11.4 Å². The van der Waals surface area contributed by atoms with Crippen LogP contribution in [0.4, 0.5) is 10.1 Å². The number of likely N-dealkylation sites (N-methyl/N-ethyl adjacent to an activating group) is 1. The molecular formula is C15H24FN3O. The van der Waals surface area contributed by atoms with Crippen molar-refractivity contribution < 1.29 is 9.18 Å². The lowest BCUT2D eigenvalue weighted by molar-refractivity contribution is -0.123. The molecular weight excluding hydrogens is 257 g/mol. The van der Waals surface area contributed by atoms with Crippen molar-refractivity contribution in [2.75, 3.05) is 24.5 Å². The van der Waals surface area contributed by atoms with E-state index in [-0.39, 0.29) is 5.82 Å². The van der Waals surface area contributed by atoms with Gasteiger partial charge in [-0.05, 0) is 38.9 Å². The molecule has 1 aromatic carbocycles. The number of hydrogen-bond acceptors (Lipinski definition) is 3. The van der Waals surface area contributed by atoms with Crippen LogP contribution in [-0.2, 0) is 4.79 Å². The van der Waals surface area contributed by atoms with Gasteiger partial charge in [-0.15, -0.1) is 0 Å². The van der Waals surface area contributed by atoms with Crippen molar-refractivity contribution in [2.24, 2.45) is 5.73 Å².